The van der Waals surface area contributed by atoms with Gasteiger partial charge in [0.05, 0.1) is 5.70 Å². The molecule has 0 atom stereocenters. The summed E-state index contributed by atoms with van der Waals surface area (Å²) in [7, 11) is 0. The van der Waals surface area contributed by atoms with Crippen molar-refractivity contribution in [1.29, 1.82) is 0 Å². The minimum Gasteiger partial charge on any atom is -0.354 e. The van der Waals surface area contributed by atoms with Crippen LogP contribution in [0.1, 0.15) is 44.1 Å². The molecule has 2 aliphatic heterocycles. The van der Waals surface area contributed by atoms with Crippen LogP contribution in [0.25, 0.3) is 5.70 Å². The molecule has 0 aromatic heterocycles. The van der Waals surface area contributed by atoms with Gasteiger partial charge in [-0.05, 0) is 62.7 Å². The summed E-state index contributed by atoms with van der Waals surface area (Å²) < 4.78 is 0. The Morgan fingerprint density at radius 2 is 1.82 bits per heavy atom. The van der Waals surface area contributed by atoms with Crippen molar-refractivity contribution >= 4 is 29.1 Å². The largest absolute Gasteiger partial charge is 0.354 e. The molecule has 6 nitrogen and oxygen atoms in total. The first-order chi connectivity index (χ1) is 13.6. The van der Waals surface area contributed by atoms with Crippen molar-refractivity contribution in [2.45, 2.75) is 38.5 Å². The maximum Gasteiger partial charge on any atom is 0.245 e. The lowest BCUT2D eigenvalue weighted by Crippen LogP contribution is -2.49. The summed E-state index contributed by atoms with van der Waals surface area (Å²) >= 11 is 5.93. The second-order valence-corrected chi connectivity index (χ2v) is 7.82. The van der Waals surface area contributed by atoms with Crippen molar-refractivity contribution in [3.63, 3.8) is 0 Å². The third-order valence-electron chi connectivity index (χ3n) is 5.17. The molecular weight excluding hydrogens is 376 g/mol. The van der Waals surface area contributed by atoms with Crippen molar-refractivity contribution in [3.05, 3.63) is 40.9 Å². The summed E-state index contributed by atoms with van der Waals surface area (Å²) in [5, 5.41) is 4.97. The van der Waals surface area contributed by atoms with E-state index in [1.54, 1.807) is 12.1 Å². The van der Waals surface area contributed by atoms with E-state index in [-0.39, 0.29) is 24.8 Å². The third-order valence-corrected chi connectivity index (χ3v) is 5.42. The monoisotopic (exact) mass is 404 g/mol. The van der Waals surface area contributed by atoms with Crippen molar-refractivity contribution in [1.82, 2.24) is 20.7 Å². The van der Waals surface area contributed by atoms with Gasteiger partial charge in [-0.3, -0.25) is 15.0 Å². The molecule has 0 saturated carbocycles. The maximum absolute atomic E-state index is 12.3. The van der Waals surface area contributed by atoms with Gasteiger partial charge in [-0.1, -0.05) is 36.6 Å². The van der Waals surface area contributed by atoms with Crippen LogP contribution >= 0.6 is 11.6 Å². The summed E-state index contributed by atoms with van der Waals surface area (Å²) in [6, 6.07) is 7.38. The molecule has 152 valence electrons. The summed E-state index contributed by atoms with van der Waals surface area (Å²) in [5.74, 6) is -0.258. The lowest BCUT2D eigenvalue weighted by molar-refractivity contribution is -0.137. The Labute approximate surface area is 171 Å². The van der Waals surface area contributed by atoms with E-state index in [0.717, 1.165) is 24.2 Å². The van der Waals surface area contributed by atoms with Crippen LogP contribution in [-0.2, 0) is 9.59 Å². The van der Waals surface area contributed by atoms with Gasteiger partial charge in [-0.2, -0.15) is 0 Å². The van der Waals surface area contributed by atoms with E-state index in [0.29, 0.717) is 11.6 Å². The minimum absolute atomic E-state index is 0.00742. The van der Waals surface area contributed by atoms with Crippen molar-refractivity contribution in [2.24, 2.45) is 0 Å². The zero-order chi connectivity index (χ0) is 19.8. The highest BCUT2D eigenvalue weighted by Gasteiger charge is 2.22. The van der Waals surface area contributed by atoms with Crippen LogP contribution in [0.15, 0.2) is 30.3 Å². The summed E-state index contributed by atoms with van der Waals surface area (Å²) in [6.07, 6.45) is 8.25. The molecule has 7 heteroatoms. The van der Waals surface area contributed by atoms with Crippen molar-refractivity contribution < 1.29 is 9.59 Å². The number of hydrazine groups is 1. The second-order valence-electron chi connectivity index (χ2n) is 7.38. The molecular formula is C21H29ClN4O2. The molecule has 2 aliphatic rings. The average molecular weight is 405 g/mol. The van der Waals surface area contributed by atoms with Gasteiger partial charge in [0, 0.05) is 18.0 Å². The van der Waals surface area contributed by atoms with Crippen LogP contribution in [0.2, 0.25) is 5.02 Å². The Balaban J connectivity index is 1.41. The standard InChI is InChI=1S/C21H29ClN4O2/c22-18-8-6-17(7-9-18)19-10-11-21(28)26(24-19)16-20(27)23-12-5-15-25-13-3-1-2-4-14-25/h6-10,24H,1-5,11-16H2,(H,23,27). The fraction of sp³-hybridized carbons (Fsp3) is 0.524. The van der Waals surface area contributed by atoms with E-state index < -0.39 is 0 Å². The van der Waals surface area contributed by atoms with Crippen LogP contribution in [0.4, 0.5) is 0 Å². The molecule has 1 aromatic rings. The molecule has 1 fully saturated rings. The van der Waals surface area contributed by atoms with E-state index in [1.807, 2.05) is 18.2 Å². The first-order valence-electron chi connectivity index (χ1n) is 10.1. The second kappa shape index (κ2) is 10.5. The van der Waals surface area contributed by atoms with Crippen LogP contribution in [-0.4, -0.2) is 54.4 Å². The van der Waals surface area contributed by atoms with Crippen LogP contribution in [0, 0.1) is 0 Å². The smallest absolute Gasteiger partial charge is 0.245 e. The molecule has 0 unspecified atom stereocenters. The highest BCUT2D eigenvalue weighted by molar-refractivity contribution is 6.30. The van der Waals surface area contributed by atoms with E-state index in [9.17, 15) is 9.59 Å². The number of likely N-dealkylation sites (tertiary alicyclic amines) is 1. The molecule has 1 saturated heterocycles. The summed E-state index contributed by atoms with van der Waals surface area (Å²) in [5.41, 5.74) is 4.79. The highest BCUT2D eigenvalue weighted by Crippen LogP contribution is 2.19. The lowest BCUT2D eigenvalue weighted by atomic mass is 10.1. The van der Waals surface area contributed by atoms with Gasteiger partial charge in [0.15, 0.2) is 0 Å². The number of halogens is 1. The number of nitrogens with zero attached hydrogens (tertiary/aromatic N) is 2. The molecule has 0 aliphatic carbocycles. The summed E-state index contributed by atoms with van der Waals surface area (Å²) in [4.78, 5) is 26.9. The number of carbonyl (C=O) groups excluding carboxylic acids is 2. The molecule has 28 heavy (non-hydrogen) atoms. The van der Waals surface area contributed by atoms with Crippen molar-refractivity contribution in [3.8, 4) is 0 Å². The summed E-state index contributed by atoms with van der Waals surface area (Å²) in [6.45, 7) is 4.00. The van der Waals surface area contributed by atoms with Crippen LogP contribution < -0.4 is 10.7 Å². The number of hydrogen-bond acceptors (Lipinski definition) is 4. The predicted octanol–water partition coefficient (Wildman–Crippen LogP) is 2.80. The number of benzene rings is 1. The van der Waals surface area contributed by atoms with Crippen molar-refractivity contribution in [2.75, 3.05) is 32.7 Å². The van der Waals surface area contributed by atoms with Gasteiger partial charge in [0.2, 0.25) is 11.8 Å². The van der Waals surface area contributed by atoms with E-state index in [2.05, 4.69) is 15.6 Å². The van der Waals surface area contributed by atoms with Gasteiger partial charge >= 0.3 is 0 Å². The zero-order valence-corrected chi connectivity index (χ0v) is 17.0. The molecule has 3 rings (SSSR count). The Kier molecular flexibility index (Phi) is 7.74. The van der Waals surface area contributed by atoms with Crippen LogP contribution in [0.5, 0.6) is 0 Å². The molecule has 0 radical (unpaired) electrons. The number of nitrogens with one attached hydrogen (secondary N) is 2. The quantitative estimate of drug-likeness (QED) is 0.686. The Bertz CT molecular complexity index is 697. The van der Waals surface area contributed by atoms with Gasteiger partial charge in [0.25, 0.3) is 0 Å². The third kappa shape index (κ3) is 6.24. The lowest BCUT2D eigenvalue weighted by Gasteiger charge is -2.29. The molecule has 2 N–H and O–H groups in total. The Morgan fingerprint density at radius 1 is 1.11 bits per heavy atom. The molecule has 0 spiro atoms. The van der Waals surface area contributed by atoms with E-state index >= 15 is 0 Å². The number of carbonyl (C=O) groups is 2. The first kappa shape index (κ1) is 20.7. The van der Waals surface area contributed by atoms with Gasteiger partial charge < -0.3 is 10.2 Å². The normalized spacial score (nSPS) is 18.2. The van der Waals surface area contributed by atoms with Gasteiger partial charge in [-0.15, -0.1) is 0 Å². The topological polar surface area (TPSA) is 64.7 Å². The molecule has 0 bridgehead atoms. The maximum atomic E-state index is 12.3. The number of rotatable bonds is 7. The molecule has 1 aromatic carbocycles. The number of hydrogen-bond donors (Lipinski definition) is 2. The van der Waals surface area contributed by atoms with E-state index in [4.69, 9.17) is 11.6 Å². The Hall–Kier alpha value is -2.05. The highest BCUT2D eigenvalue weighted by atomic mass is 35.5. The number of amides is 2. The van der Waals surface area contributed by atoms with Gasteiger partial charge in [0.1, 0.15) is 6.54 Å². The van der Waals surface area contributed by atoms with Crippen LogP contribution in [0.3, 0.4) is 0 Å². The zero-order valence-electron chi connectivity index (χ0n) is 16.3. The predicted molar refractivity (Wildman–Crippen MR) is 111 cm³/mol. The Morgan fingerprint density at radius 3 is 2.54 bits per heavy atom. The fourth-order valence-corrected chi connectivity index (χ4v) is 3.71. The molecule has 2 heterocycles. The molecule has 2 amide bonds. The fourth-order valence-electron chi connectivity index (χ4n) is 3.58. The van der Waals surface area contributed by atoms with E-state index in [1.165, 1.54) is 43.8 Å². The van der Waals surface area contributed by atoms with Gasteiger partial charge in [-0.25, -0.2) is 5.01 Å². The minimum atomic E-state index is -0.144. The first-order valence-corrected chi connectivity index (χ1v) is 10.5. The average Bonchev–Trinajstić information content (AvgIpc) is 2.96. The SMILES string of the molecule is O=C(CN1NC(c2ccc(Cl)cc2)=CCC1=O)NCCCN1CCCCCC1.